The number of esters is 1. The lowest BCUT2D eigenvalue weighted by Gasteiger charge is -1.99. The molecule has 76 valence electrons. The highest BCUT2D eigenvalue weighted by Gasteiger charge is 2.04. The first-order valence-electron chi connectivity index (χ1n) is 4.47. The molecule has 0 radical (unpaired) electrons. The Balaban J connectivity index is 2.73. The first-order valence-corrected chi connectivity index (χ1v) is 4.47. The molecule has 1 rings (SSSR count). The Morgan fingerprint density at radius 1 is 1.71 bits per heavy atom. The summed E-state index contributed by atoms with van der Waals surface area (Å²) in [7, 11) is 1.83. The molecule has 4 heteroatoms. The number of aromatic nitrogens is 2. The number of nitrogens with zero attached hydrogens (tertiary/aromatic N) is 2. The van der Waals surface area contributed by atoms with Crippen LogP contribution in [0.25, 0.3) is 6.08 Å². The van der Waals surface area contributed by atoms with Gasteiger partial charge in [-0.3, -0.25) is 4.68 Å². The molecule has 0 aliphatic heterocycles. The van der Waals surface area contributed by atoms with E-state index in [1.54, 1.807) is 30.8 Å². The Kier molecular flexibility index (Phi) is 3.45. The molecule has 0 saturated heterocycles. The molecule has 1 heterocycles. The Hall–Kier alpha value is -1.58. The van der Waals surface area contributed by atoms with Gasteiger partial charge in [0.05, 0.1) is 12.8 Å². The van der Waals surface area contributed by atoms with Crippen LogP contribution in [0.4, 0.5) is 0 Å². The Bertz CT molecular complexity index is 353. The lowest BCUT2D eigenvalue weighted by Crippen LogP contribution is -2.04. The van der Waals surface area contributed by atoms with Crippen LogP contribution in [0.15, 0.2) is 18.0 Å². The van der Waals surface area contributed by atoms with Gasteiger partial charge in [-0.2, -0.15) is 5.10 Å². The first kappa shape index (κ1) is 10.5. The van der Waals surface area contributed by atoms with Gasteiger partial charge < -0.3 is 4.74 Å². The van der Waals surface area contributed by atoms with Crippen LogP contribution in [0.3, 0.4) is 0 Å². The first-order chi connectivity index (χ1) is 6.63. The number of hydrogen-bond acceptors (Lipinski definition) is 3. The van der Waals surface area contributed by atoms with E-state index in [-0.39, 0.29) is 5.97 Å². The van der Waals surface area contributed by atoms with Crippen LogP contribution in [0, 0.1) is 0 Å². The van der Waals surface area contributed by atoms with Crippen molar-refractivity contribution in [3.05, 3.63) is 23.5 Å². The van der Waals surface area contributed by atoms with Gasteiger partial charge in [0.2, 0.25) is 0 Å². The Labute approximate surface area is 83.2 Å². The third-order valence-corrected chi connectivity index (χ3v) is 1.71. The zero-order chi connectivity index (χ0) is 10.6. The summed E-state index contributed by atoms with van der Waals surface area (Å²) < 4.78 is 6.53. The molecule has 0 atom stereocenters. The summed E-state index contributed by atoms with van der Waals surface area (Å²) in [5.74, 6) is -0.281. The van der Waals surface area contributed by atoms with E-state index < -0.39 is 0 Å². The smallest absolute Gasteiger partial charge is 0.333 e. The van der Waals surface area contributed by atoms with Gasteiger partial charge in [0.25, 0.3) is 0 Å². The summed E-state index contributed by atoms with van der Waals surface area (Å²) >= 11 is 0. The van der Waals surface area contributed by atoms with E-state index in [0.717, 1.165) is 5.56 Å². The molecule has 14 heavy (non-hydrogen) atoms. The predicted octanol–water partition coefficient (Wildman–Crippen LogP) is 1.39. The molecule has 0 fully saturated rings. The van der Waals surface area contributed by atoms with Gasteiger partial charge >= 0.3 is 5.97 Å². The average molecular weight is 194 g/mol. The fourth-order valence-corrected chi connectivity index (χ4v) is 1.07. The minimum atomic E-state index is -0.281. The summed E-state index contributed by atoms with van der Waals surface area (Å²) in [5.41, 5.74) is 1.48. The quantitative estimate of drug-likeness (QED) is 0.539. The highest BCUT2D eigenvalue weighted by molar-refractivity contribution is 5.92. The van der Waals surface area contributed by atoms with Crippen LogP contribution < -0.4 is 0 Å². The molecule has 0 bridgehead atoms. The summed E-state index contributed by atoms with van der Waals surface area (Å²) in [6.07, 6.45) is 5.29. The molecule has 0 unspecified atom stereocenters. The third-order valence-electron chi connectivity index (χ3n) is 1.71. The maximum Gasteiger partial charge on any atom is 0.333 e. The molecule has 0 spiro atoms. The third kappa shape index (κ3) is 2.73. The maximum absolute atomic E-state index is 11.2. The van der Waals surface area contributed by atoms with Gasteiger partial charge in [-0.1, -0.05) is 0 Å². The molecule has 1 aromatic heterocycles. The van der Waals surface area contributed by atoms with E-state index in [2.05, 4.69) is 5.10 Å². The van der Waals surface area contributed by atoms with Crippen molar-refractivity contribution >= 4 is 12.0 Å². The lowest BCUT2D eigenvalue weighted by atomic mass is 10.2. The van der Waals surface area contributed by atoms with E-state index in [1.165, 1.54) is 0 Å². The minimum Gasteiger partial charge on any atom is -0.463 e. The molecule has 0 aliphatic carbocycles. The average Bonchev–Trinajstić information content (AvgIpc) is 2.51. The number of aryl methyl sites for hydroxylation is 1. The fraction of sp³-hybridized carbons (Fsp3) is 0.400. The number of carbonyl (C=O) groups excluding carboxylic acids is 1. The second kappa shape index (κ2) is 4.60. The normalized spacial score (nSPS) is 11.5. The minimum absolute atomic E-state index is 0.281. The lowest BCUT2D eigenvalue weighted by molar-refractivity contribution is -0.138. The molecule has 0 saturated carbocycles. The van der Waals surface area contributed by atoms with Crippen molar-refractivity contribution in [2.45, 2.75) is 13.8 Å². The van der Waals surface area contributed by atoms with Gasteiger partial charge in [-0.05, 0) is 19.9 Å². The number of hydrogen-bond donors (Lipinski definition) is 0. The van der Waals surface area contributed by atoms with Crippen molar-refractivity contribution in [1.82, 2.24) is 9.78 Å². The number of carbonyl (C=O) groups is 1. The second-order valence-corrected chi connectivity index (χ2v) is 3.00. The molecule has 0 aliphatic rings. The van der Waals surface area contributed by atoms with E-state index in [9.17, 15) is 4.79 Å². The molecule has 4 nitrogen and oxygen atoms in total. The summed E-state index contributed by atoms with van der Waals surface area (Å²) in [5, 5.41) is 3.99. The van der Waals surface area contributed by atoms with Gasteiger partial charge in [-0.25, -0.2) is 4.79 Å². The summed E-state index contributed by atoms with van der Waals surface area (Å²) in [6, 6.07) is 0. The van der Waals surface area contributed by atoms with Gasteiger partial charge in [-0.15, -0.1) is 0 Å². The molecule has 0 aromatic carbocycles. The van der Waals surface area contributed by atoms with Crippen molar-refractivity contribution in [3.8, 4) is 0 Å². The van der Waals surface area contributed by atoms with Crippen LogP contribution in [0.1, 0.15) is 19.4 Å². The zero-order valence-corrected chi connectivity index (χ0v) is 8.65. The monoisotopic (exact) mass is 194 g/mol. The van der Waals surface area contributed by atoms with E-state index in [1.807, 2.05) is 13.2 Å². The Morgan fingerprint density at radius 3 is 2.93 bits per heavy atom. The van der Waals surface area contributed by atoms with Crippen molar-refractivity contribution in [1.29, 1.82) is 0 Å². The van der Waals surface area contributed by atoms with Crippen LogP contribution >= 0.6 is 0 Å². The molecule has 0 amide bonds. The van der Waals surface area contributed by atoms with E-state index >= 15 is 0 Å². The largest absolute Gasteiger partial charge is 0.463 e. The molecular formula is C10H14N2O2. The van der Waals surface area contributed by atoms with Crippen LogP contribution in [-0.4, -0.2) is 22.4 Å². The zero-order valence-electron chi connectivity index (χ0n) is 8.65. The van der Waals surface area contributed by atoms with Crippen LogP contribution in [0.2, 0.25) is 0 Å². The Morgan fingerprint density at radius 2 is 2.43 bits per heavy atom. The van der Waals surface area contributed by atoms with Gasteiger partial charge in [0.1, 0.15) is 0 Å². The SMILES string of the molecule is CCOC(=O)/C(C)=C/c1cnn(C)c1. The number of ether oxygens (including phenoxy) is 1. The highest BCUT2D eigenvalue weighted by atomic mass is 16.5. The second-order valence-electron chi connectivity index (χ2n) is 3.00. The summed E-state index contributed by atoms with van der Waals surface area (Å²) in [6.45, 7) is 3.91. The topological polar surface area (TPSA) is 44.1 Å². The van der Waals surface area contributed by atoms with E-state index in [0.29, 0.717) is 12.2 Å². The van der Waals surface area contributed by atoms with Crippen molar-refractivity contribution in [3.63, 3.8) is 0 Å². The van der Waals surface area contributed by atoms with Crippen molar-refractivity contribution < 1.29 is 9.53 Å². The standard InChI is InChI=1S/C10H14N2O2/c1-4-14-10(13)8(2)5-9-6-11-12(3)7-9/h5-7H,4H2,1-3H3/b8-5+. The highest BCUT2D eigenvalue weighted by Crippen LogP contribution is 2.06. The molecular weight excluding hydrogens is 180 g/mol. The van der Waals surface area contributed by atoms with Crippen molar-refractivity contribution in [2.75, 3.05) is 6.61 Å². The van der Waals surface area contributed by atoms with Gasteiger partial charge in [0, 0.05) is 24.4 Å². The molecule has 0 N–H and O–H groups in total. The van der Waals surface area contributed by atoms with Crippen LogP contribution in [0.5, 0.6) is 0 Å². The fourth-order valence-electron chi connectivity index (χ4n) is 1.07. The summed E-state index contributed by atoms with van der Waals surface area (Å²) in [4.78, 5) is 11.2. The number of rotatable bonds is 3. The van der Waals surface area contributed by atoms with Crippen LogP contribution in [-0.2, 0) is 16.6 Å². The predicted molar refractivity (Wildman–Crippen MR) is 53.5 cm³/mol. The maximum atomic E-state index is 11.2. The van der Waals surface area contributed by atoms with Gasteiger partial charge in [0.15, 0.2) is 0 Å². The van der Waals surface area contributed by atoms with Crippen molar-refractivity contribution in [2.24, 2.45) is 7.05 Å². The van der Waals surface area contributed by atoms with E-state index in [4.69, 9.17) is 4.74 Å². The molecule has 1 aromatic rings.